The number of fused-ring (bicyclic) bond motifs is 1. The van der Waals surface area contributed by atoms with Crippen LogP contribution in [0.2, 0.25) is 6.04 Å². The van der Waals surface area contributed by atoms with Crippen molar-refractivity contribution in [2.24, 2.45) is 0 Å². The first-order valence-corrected chi connectivity index (χ1v) is 12.7. The van der Waals surface area contributed by atoms with Gasteiger partial charge in [0.25, 0.3) is 0 Å². The summed E-state index contributed by atoms with van der Waals surface area (Å²) in [4.78, 5) is 4.79. The van der Waals surface area contributed by atoms with E-state index in [0.29, 0.717) is 5.89 Å². The van der Waals surface area contributed by atoms with Crippen LogP contribution in [0.5, 0.6) is 0 Å². The van der Waals surface area contributed by atoms with E-state index in [4.69, 9.17) is 9.40 Å². The Morgan fingerprint density at radius 3 is 2.09 bits per heavy atom. The van der Waals surface area contributed by atoms with Crippen LogP contribution in [0.1, 0.15) is 11.1 Å². The number of hydrogen-bond acceptors (Lipinski definition) is 2. The van der Waals surface area contributed by atoms with Crippen molar-refractivity contribution < 1.29 is 4.42 Å². The minimum Gasteiger partial charge on any atom is -0.436 e. The van der Waals surface area contributed by atoms with Gasteiger partial charge in [0.05, 0.1) is 8.41 Å². The molecule has 1 aliphatic rings. The molecule has 6 rings (SSSR count). The van der Waals surface area contributed by atoms with Gasteiger partial charge in [0, 0.05) is 5.56 Å². The second-order valence-electron chi connectivity index (χ2n) is 8.00. The molecule has 0 radical (unpaired) electrons. The molecule has 2 nitrogen and oxygen atoms in total. The Morgan fingerprint density at radius 1 is 0.656 bits per heavy atom. The van der Waals surface area contributed by atoms with Gasteiger partial charge in [0.1, 0.15) is 5.52 Å². The number of para-hydroxylation sites is 2. The van der Waals surface area contributed by atoms with Crippen LogP contribution in [0.3, 0.4) is 0 Å². The Labute approximate surface area is 188 Å². The van der Waals surface area contributed by atoms with Crippen molar-refractivity contribution >= 4 is 41.5 Å². The molecule has 1 aliphatic heterocycles. The molecule has 2 heterocycles. The molecule has 0 amide bonds. The second-order valence-corrected chi connectivity index (χ2v) is 10.2. The summed E-state index contributed by atoms with van der Waals surface area (Å²) in [5, 5.41) is 1.35. The molecular formula is C29H21NOSi. The van der Waals surface area contributed by atoms with Crippen LogP contribution in [-0.4, -0.2) is 19.1 Å². The standard InChI is InChI=1S/C29H21NOSi/c1-3-11-21(12-4-1)24-19-32(20-25(24)22-13-5-2-6-14-22)28-18-10-7-15-23(28)29-30-26-16-8-9-17-27(26)31-29/h1-19H,20H2. The predicted octanol–water partition coefficient (Wildman–Crippen LogP) is 6.21. The van der Waals surface area contributed by atoms with E-state index in [-0.39, 0.29) is 0 Å². The minimum atomic E-state index is -0.993. The zero-order chi connectivity index (χ0) is 21.3. The van der Waals surface area contributed by atoms with Crippen molar-refractivity contribution in [3.8, 4) is 11.5 Å². The van der Waals surface area contributed by atoms with Crippen LogP contribution in [0.4, 0.5) is 0 Å². The van der Waals surface area contributed by atoms with Crippen LogP contribution < -0.4 is 5.19 Å². The number of rotatable bonds is 4. The molecule has 4 aromatic carbocycles. The lowest BCUT2D eigenvalue weighted by atomic mass is 9.97. The molecule has 0 spiro atoms. The Morgan fingerprint density at radius 2 is 1.31 bits per heavy atom. The van der Waals surface area contributed by atoms with Gasteiger partial charge in [-0.1, -0.05) is 96.7 Å². The van der Waals surface area contributed by atoms with Crippen molar-refractivity contribution in [1.82, 2.24) is 4.98 Å². The zero-order valence-corrected chi connectivity index (χ0v) is 18.5. The van der Waals surface area contributed by atoms with Crippen molar-refractivity contribution in [2.75, 3.05) is 0 Å². The summed E-state index contributed by atoms with van der Waals surface area (Å²) in [5.41, 5.74) is 10.7. The molecule has 0 bridgehead atoms. The van der Waals surface area contributed by atoms with Gasteiger partial charge in [-0.25, -0.2) is 4.98 Å². The van der Waals surface area contributed by atoms with Gasteiger partial charge in [0.2, 0.25) is 5.89 Å². The molecule has 0 fully saturated rings. The van der Waals surface area contributed by atoms with Gasteiger partial charge in [0.15, 0.2) is 5.58 Å². The van der Waals surface area contributed by atoms with E-state index >= 15 is 0 Å². The highest BCUT2D eigenvalue weighted by Crippen LogP contribution is 2.33. The summed E-state index contributed by atoms with van der Waals surface area (Å²) < 4.78 is 6.15. The third kappa shape index (κ3) is 3.37. The number of allylic oxidation sites excluding steroid dienone is 2. The largest absolute Gasteiger partial charge is 0.436 e. The molecule has 0 aliphatic carbocycles. The smallest absolute Gasteiger partial charge is 0.227 e. The Kier molecular flexibility index (Phi) is 4.74. The molecule has 3 heteroatoms. The average Bonchev–Trinajstić information content (AvgIpc) is 3.50. The Balaban J connectivity index is 1.48. The van der Waals surface area contributed by atoms with Crippen molar-refractivity contribution in [3.05, 3.63) is 120 Å². The fourth-order valence-corrected chi connectivity index (χ4v) is 7.24. The number of hydrogen-bond donors (Lipinski definition) is 0. The predicted molar refractivity (Wildman–Crippen MR) is 135 cm³/mol. The SMILES string of the molecule is C1=[Si](c2ccccc2-c2nc3ccccc3o2)CC(c2ccccc2)=C1c1ccccc1. The quantitative estimate of drug-likeness (QED) is 0.319. The van der Waals surface area contributed by atoms with Crippen LogP contribution in [0.15, 0.2) is 114 Å². The zero-order valence-electron chi connectivity index (χ0n) is 17.5. The lowest BCUT2D eigenvalue weighted by Crippen LogP contribution is -2.24. The van der Waals surface area contributed by atoms with Gasteiger partial charge in [-0.15, -0.1) is 0 Å². The normalized spacial score (nSPS) is 13.6. The van der Waals surface area contributed by atoms with E-state index in [1.807, 2.05) is 24.3 Å². The average molecular weight is 428 g/mol. The third-order valence-corrected chi connectivity index (χ3v) is 8.51. The summed E-state index contributed by atoms with van der Waals surface area (Å²) in [7, 11) is -0.993. The van der Waals surface area contributed by atoms with Crippen LogP contribution >= 0.6 is 0 Å². The number of nitrogens with zero attached hydrogens (tertiary/aromatic N) is 1. The highest BCUT2D eigenvalue weighted by atomic mass is 28.2. The number of oxazole rings is 1. The van der Waals surface area contributed by atoms with E-state index in [1.165, 1.54) is 27.5 Å². The molecule has 0 atom stereocenters. The molecular weight excluding hydrogens is 406 g/mol. The van der Waals surface area contributed by atoms with Crippen molar-refractivity contribution in [1.29, 1.82) is 0 Å². The fourth-order valence-electron chi connectivity index (χ4n) is 4.48. The van der Waals surface area contributed by atoms with E-state index in [1.54, 1.807) is 0 Å². The summed E-state index contributed by atoms with van der Waals surface area (Å²) in [5.74, 6) is 0.710. The van der Waals surface area contributed by atoms with Crippen LogP contribution in [0.25, 0.3) is 33.7 Å². The summed E-state index contributed by atoms with van der Waals surface area (Å²) in [6.45, 7) is 0. The van der Waals surface area contributed by atoms with Gasteiger partial charge in [-0.2, -0.15) is 0 Å². The van der Waals surface area contributed by atoms with E-state index in [9.17, 15) is 0 Å². The van der Waals surface area contributed by atoms with Gasteiger partial charge in [-0.05, 0) is 51.7 Å². The third-order valence-electron chi connectivity index (χ3n) is 6.02. The molecule has 0 unspecified atom stereocenters. The van der Waals surface area contributed by atoms with Gasteiger partial charge >= 0.3 is 0 Å². The monoisotopic (exact) mass is 427 g/mol. The Bertz CT molecular complexity index is 1450. The molecule has 5 aromatic rings. The highest BCUT2D eigenvalue weighted by molar-refractivity contribution is 6.87. The number of aromatic nitrogens is 1. The topological polar surface area (TPSA) is 26.0 Å². The molecule has 0 N–H and O–H groups in total. The molecule has 32 heavy (non-hydrogen) atoms. The lowest BCUT2D eigenvalue weighted by molar-refractivity contribution is 0.620. The van der Waals surface area contributed by atoms with E-state index in [0.717, 1.165) is 22.7 Å². The van der Waals surface area contributed by atoms with Crippen LogP contribution in [-0.2, 0) is 0 Å². The lowest BCUT2D eigenvalue weighted by Gasteiger charge is -2.10. The summed E-state index contributed by atoms with van der Waals surface area (Å²) in [6, 6.07) is 39.2. The summed E-state index contributed by atoms with van der Waals surface area (Å²) >= 11 is 0. The first kappa shape index (κ1) is 18.9. The highest BCUT2D eigenvalue weighted by Gasteiger charge is 2.23. The van der Waals surface area contributed by atoms with Gasteiger partial charge < -0.3 is 4.42 Å². The summed E-state index contributed by atoms with van der Waals surface area (Å²) in [6.07, 6.45) is 0. The van der Waals surface area contributed by atoms with Crippen molar-refractivity contribution in [3.63, 3.8) is 0 Å². The molecule has 0 saturated heterocycles. The van der Waals surface area contributed by atoms with Crippen molar-refractivity contribution in [2.45, 2.75) is 6.04 Å². The maximum Gasteiger partial charge on any atom is 0.227 e. The second kappa shape index (κ2) is 8.02. The maximum absolute atomic E-state index is 6.15. The maximum atomic E-state index is 6.15. The Hall–Kier alpha value is -3.82. The van der Waals surface area contributed by atoms with E-state index in [2.05, 4.69) is 90.6 Å². The van der Waals surface area contributed by atoms with Gasteiger partial charge in [-0.3, -0.25) is 0 Å². The molecule has 1 aromatic heterocycles. The first-order valence-electron chi connectivity index (χ1n) is 10.9. The van der Waals surface area contributed by atoms with Crippen LogP contribution in [0, 0.1) is 0 Å². The van der Waals surface area contributed by atoms with E-state index < -0.39 is 8.41 Å². The minimum absolute atomic E-state index is 0.710. The molecule has 152 valence electrons. The first-order chi connectivity index (χ1) is 15.9. The fraction of sp³-hybridized carbons (Fsp3) is 0.0345. The molecule has 0 saturated carbocycles. The number of benzene rings is 4.